The van der Waals surface area contributed by atoms with Crippen molar-refractivity contribution in [3.63, 3.8) is 0 Å². The molecule has 1 heterocycles. The highest BCUT2D eigenvalue weighted by atomic mass is 16.8. The molecule has 2 fully saturated rings. The lowest BCUT2D eigenvalue weighted by Gasteiger charge is -2.19. The first kappa shape index (κ1) is 8.74. The van der Waals surface area contributed by atoms with Crippen LogP contribution in [0.2, 0.25) is 0 Å². The summed E-state index contributed by atoms with van der Waals surface area (Å²) in [6.07, 6.45) is 0.687. The largest absolute Gasteiger partial charge is 0.344 e. The number of hydrogen-bond acceptors (Lipinski definition) is 3. The maximum Gasteiger partial charge on any atom is 0.163 e. The Morgan fingerprint density at radius 2 is 2.23 bits per heavy atom. The molecule has 0 bridgehead atoms. The lowest BCUT2D eigenvalue weighted by atomic mass is 10.0. The Balaban J connectivity index is 2.21. The maximum atomic E-state index is 8.91. The summed E-state index contributed by atoms with van der Waals surface area (Å²) in [4.78, 5) is 0. The molecule has 0 aromatic carbocycles. The fourth-order valence-electron chi connectivity index (χ4n) is 2.09. The van der Waals surface area contributed by atoms with E-state index in [0.717, 1.165) is 12.0 Å². The van der Waals surface area contributed by atoms with Gasteiger partial charge in [0, 0.05) is 0 Å². The van der Waals surface area contributed by atoms with E-state index in [4.69, 9.17) is 14.7 Å². The van der Waals surface area contributed by atoms with E-state index in [-0.39, 0.29) is 18.1 Å². The van der Waals surface area contributed by atoms with Crippen molar-refractivity contribution in [2.24, 2.45) is 5.92 Å². The van der Waals surface area contributed by atoms with E-state index < -0.39 is 5.79 Å². The van der Waals surface area contributed by atoms with Gasteiger partial charge >= 0.3 is 0 Å². The molecule has 1 saturated carbocycles. The van der Waals surface area contributed by atoms with Gasteiger partial charge in [-0.25, -0.2) is 0 Å². The van der Waals surface area contributed by atoms with Crippen molar-refractivity contribution < 1.29 is 9.47 Å². The third-order valence-corrected chi connectivity index (χ3v) is 2.59. The molecule has 2 rings (SSSR count). The van der Waals surface area contributed by atoms with Gasteiger partial charge in [0.15, 0.2) is 5.79 Å². The first-order chi connectivity index (χ1) is 6.03. The summed E-state index contributed by atoms with van der Waals surface area (Å²) in [6, 6.07) is 2.22. The van der Waals surface area contributed by atoms with Crippen LogP contribution in [0.1, 0.15) is 20.3 Å². The van der Waals surface area contributed by atoms with Crippen LogP contribution in [0.25, 0.3) is 0 Å². The summed E-state index contributed by atoms with van der Waals surface area (Å²) >= 11 is 0. The van der Waals surface area contributed by atoms with Crippen molar-refractivity contribution >= 4 is 0 Å². The van der Waals surface area contributed by atoms with Crippen molar-refractivity contribution in [3.8, 4) is 6.07 Å². The Morgan fingerprint density at radius 3 is 2.85 bits per heavy atom. The van der Waals surface area contributed by atoms with E-state index in [2.05, 4.69) is 12.6 Å². The standard InChI is InChI=1S/C10H13NO2/c1-6-4-8-9(7(6)5-11)13-10(2,3)12-8/h7-9H,1,4H2,2-3H3. The second-order valence-corrected chi connectivity index (χ2v) is 4.11. The predicted molar refractivity (Wildman–Crippen MR) is 46.7 cm³/mol. The lowest BCUT2D eigenvalue weighted by Crippen LogP contribution is -2.24. The number of hydrogen-bond donors (Lipinski definition) is 0. The molecule has 0 spiro atoms. The van der Waals surface area contributed by atoms with Gasteiger partial charge in [0.05, 0.1) is 18.1 Å². The molecule has 0 amide bonds. The maximum absolute atomic E-state index is 8.91. The van der Waals surface area contributed by atoms with Gasteiger partial charge < -0.3 is 9.47 Å². The summed E-state index contributed by atoms with van der Waals surface area (Å²) in [6.45, 7) is 7.61. The smallest absolute Gasteiger partial charge is 0.163 e. The van der Waals surface area contributed by atoms with Crippen molar-refractivity contribution in [2.45, 2.75) is 38.3 Å². The third-order valence-electron chi connectivity index (χ3n) is 2.59. The van der Waals surface area contributed by atoms with Gasteiger partial charge in [0.1, 0.15) is 6.10 Å². The van der Waals surface area contributed by atoms with Gasteiger partial charge in [0.25, 0.3) is 0 Å². The monoisotopic (exact) mass is 179 g/mol. The number of fused-ring (bicyclic) bond motifs is 1. The zero-order valence-electron chi connectivity index (χ0n) is 7.91. The molecule has 0 aromatic heterocycles. The van der Waals surface area contributed by atoms with Crippen LogP contribution >= 0.6 is 0 Å². The van der Waals surface area contributed by atoms with Gasteiger partial charge in [-0.05, 0) is 20.3 Å². The molecule has 1 saturated heterocycles. The second kappa shape index (κ2) is 2.57. The van der Waals surface area contributed by atoms with E-state index in [1.54, 1.807) is 0 Å². The number of nitriles is 1. The molecule has 3 nitrogen and oxygen atoms in total. The van der Waals surface area contributed by atoms with Crippen LogP contribution in [0.3, 0.4) is 0 Å². The highest BCUT2D eigenvalue weighted by Gasteiger charge is 2.50. The molecule has 70 valence electrons. The Morgan fingerprint density at radius 1 is 1.54 bits per heavy atom. The topological polar surface area (TPSA) is 42.2 Å². The molecular weight excluding hydrogens is 166 g/mol. The minimum absolute atomic E-state index is 0.0344. The van der Waals surface area contributed by atoms with Crippen LogP contribution in [0.15, 0.2) is 12.2 Å². The molecule has 3 unspecified atom stereocenters. The summed E-state index contributed by atoms with van der Waals surface area (Å²) in [5.74, 6) is -0.725. The quantitative estimate of drug-likeness (QED) is 0.530. The van der Waals surface area contributed by atoms with E-state index in [9.17, 15) is 0 Å². The van der Waals surface area contributed by atoms with Crippen molar-refractivity contribution in [1.82, 2.24) is 0 Å². The van der Waals surface area contributed by atoms with Gasteiger partial charge in [0.2, 0.25) is 0 Å². The number of rotatable bonds is 0. The Labute approximate surface area is 77.9 Å². The van der Waals surface area contributed by atoms with Gasteiger partial charge in [-0.3, -0.25) is 0 Å². The molecule has 1 aliphatic carbocycles. The minimum atomic E-state index is -0.537. The van der Waals surface area contributed by atoms with E-state index >= 15 is 0 Å². The van der Waals surface area contributed by atoms with Crippen LogP contribution in [0, 0.1) is 17.2 Å². The van der Waals surface area contributed by atoms with Gasteiger partial charge in [-0.2, -0.15) is 5.26 Å². The average molecular weight is 179 g/mol. The first-order valence-corrected chi connectivity index (χ1v) is 4.46. The van der Waals surface area contributed by atoms with Gasteiger partial charge in [-0.1, -0.05) is 12.2 Å². The first-order valence-electron chi connectivity index (χ1n) is 4.46. The molecule has 3 atom stereocenters. The van der Waals surface area contributed by atoms with Crippen LogP contribution < -0.4 is 0 Å². The molecule has 0 N–H and O–H groups in total. The Kier molecular flexibility index (Phi) is 1.73. The Hall–Kier alpha value is -0.850. The lowest BCUT2D eigenvalue weighted by molar-refractivity contribution is -0.150. The molecule has 1 aliphatic heterocycles. The minimum Gasteiger partial charge on any atom is -0.344 e. The van der Waals surface area contributed by atoms with Crippen LogP contribution in [0.5, 0.6) is 0 Å². The highest BCUT2D eigenvalue weighted by Crippen LogP contribution is 2.43. The van der Waals surface area contributed by atoms with Crippen LogP contribution in [-0.2, 0) is 9.47 Å². The highest BCUT2D eigenvalue weighted by molar-refractivity contribution is 5.23. The summed E-state index contributed by atoms with van der Waals surface area (Å²) in [5, 5.41) is 8.91. The molecule has 13 heavy (non-hydrogen) atoms. The predicted octanol–water partition coefficient (Wildman–Crippen LogP) is 1.61. The number of nitrogens with zero attached hydrogens (tertiary/aromatic N) is 1. The fraction of sp³-hybridized carbons (Fsp3) is 0.700. The van der Waals surface area contributed by atoms with Crippen molar-refractivity contribution in [1.29, 1.82) is 5.26 Å². The average Bonchev–Trinajstić information content (AvgIpc) is 2.39. The van der Waals surface area contributed by atoms with E-state index in [1.165, 1.54) is 0 Å². The molecule has 2 aliphatic rings. The number of ether oxygens (including phenoxy) is 2. The summed E-state index contributed by atoms with van der Waals surface area (Å²) in [7, 11) is 0. The Bertz CT molecular complexity index is 290. The second-order valence-electron chi connectivity index (χ2n) is 4.11. The molecule has 3 heteroatoms. The zero-order chi connectivity index (χ0) is 9.64. The van der Waals surface area contributed by atoms with Crippen LogP contribution in [-0.4, -0.2) is 18.0 Å². The van der Waals surface area contributed by atoms with Crippen molar-refractivity contribution in [3.05, 3.63) is 12.2 Å². The molecule has 0 radical (unpaired) electrons. The summed E-state index contributed by atoms with van der Waals surface area (Å²) in [5.41, 5.74) is 0.938. The molecular formula is C10H13NO2. The third kappa shape index (κ3) is 1.27. The van der Waals surface area contributed by atoms with E-state index in [0.29, 0.717) is 0 Å². The van der Waals surface area contributed by atoms with Crippen molar-refractivity contribution in [2.75, 3.05) is 0 Å². The van der Waals surface area contributed by atoms with Gasteiger partial charge in [-0.15, -0.1) is 0 Å². The fourth-order valence-corrected chi connectivity index (χ4v) is 2.09. The zero-order valence-corrected chi connectivity index (χ0v) is 7.91. The van der Waals surface area contributed by atoms with Crippen LogP contribution in [0.4, 0.5) is 0 Å². The van der Waals surface area contributed by atoms with E-state index in [1.807, 2.05) is 13.8 Å². The summed E-state index contributed by atoms with van der Waals surface area (Å²) < 4.78 is 11.3. The normalized spacial score (nSPS) is 41.6. The SMILES string of the molecule is C=C1CC2OC(C)(C)OC2C1C#N. The molecule has 0 aromatic rings.